The van der Waals surface area contributed by atoms with E-state index in [4.69, 9.17) is 17.3 Å². The molecule has 1 aromatic carbocycles. The first-order chi connectivity index (χ1) is 15.7. The molecule has 0 bridgehead atoms. The van der Waals surface area contributed by atoms with Crippen LogP contribution in [-0.4, -0.2) is 47.8 Å². The van der Waals surface area contributed by atoms with Crippen LogP contribution in [0, 0.1) is 5.82 Å². The Balaban J connectivity index is 0.000000270. The van der Waals surface area contributed by atoms with E-state index in [0.29, 0.717) is 5.69 Å². The number of anilines is 1. The number of ether oxygens (including phenoxy) is 2. The van der Waals surface area contributed by atoms with Gasteiger partial charge in [-0.15, -0.1) is 0 Å². The molecule has 7 nitrogen and oxygen atoms in total. The summed E-state index contributed by atoms with van der Waals surface area (Å²) < 4.78 is 82.8. The summed E-state index contributed by atoms with van der Waals surface area (Å²) >= 11 is 5.79. The van der Waals surface area contributed by atoms with E-state index in [2.05, 4.69) is 24.8 Å². The molecule has 0 saturated heterocycles. The fourth-order valence-electron chi connectivity index (χ4n) is 2.46. The predicted octanol–water partition coefficient (Wildman–Crippen LogP) is 4.81. The summed E-state index contributed by atoms with van der Waals surface area (Å²) in [5.41, 5.74) is 2.95. The maximum atomic E-state index is 12.7. The molecule has 1 aliphatic heterocycles. The first-order valence-electron chi connectivity index (χ1n) is 9.44. The molecule has 14 heteroatoms. The number of carbonyl (C=O) groups is 1. The molecule has 0 saturated carbocycles. The van der Waals surface area contributed by atoms with E-state index in [1.54, 1.807) is 6.92 Å². The lowest BCUT2D eigenvalue weighted by Gasteiger charge is -2.35. The number of nitrogens with one attached hydrogen (secondary N) is 1. The van der Waals surface area contributed by atoms with Gasteiger partial charge < -0.3 is 20.5 Å². The van der Waals surface area contributed by atoms with Crippen LogP contribution in [0.15, 0.2) is 41.5 Å². The highest BCUT2D eigenvalue weighted by Gasteiger charge is 2.57. The van der Waals surface area contributed by atoms with Gasteiger partial charge >= 0.3 is 12.8 Å². The molecule has 1 aromatic heterocycles. The number of hydrogen-bond donors (Lipinski definition) is 2. The number of alkyl halides is 5. The third kappa shape index (κ3) is 6.97. The molecule has 0 aliphatic carbocycles. The van der Waals surface area contributed by atoms with E-state index < -0.39 is 35.9 Å². The third-order valence-electron chi connectivity index (χ3n) is 4.36. The number of carbonyl (C=O) groups excluding carboxylic acids is 1. The molecule has 1 amide bonds. The van der Waals surface area contributed by atoms with Crippen LogP contribution in [-0.2, 0) is 4.74 Å². The number of rotatable bonds is 4. The van der Waals surface area contributed by atoms with Crippen LogP contribution >= 0.6 is 11.6 Å². The number of nitrogens with zero attached hydrogens (tertiary/aromatic N) is 2. The summed E-state index contributed by atoms with van der Waals surface area (Å²) in [6.45, 7) is -0.543. The van der Waals surface area contributed by atoms with Gasteiger partial charge in [-0.05, 0) is 38.1 Å². The van der Waals surface area contributed by atoms with E-state index in [1.165, 1.54) is 24.3 Å². The Hall–Kier alpha value is -3.06. The second-order valence-electron chi connectivity index (χ2n) is 7.05. The number of aromatic nitrogens is 1. The average Bonchev–Trinajstić information content (AvgIpc) is 2.72. The molecule has 186 valence electrons. The zero-order valence-corrected chi connectivity index (χ0v) is 18.4. The number of hydrogen-bond acceptors (Lipinski definition) is 6. The van der Waals surface area contributed by atoms with Gasteiger partial charge in [-0.3, -0.25) is 9.79 Å². The third-order valence-corrected chi connectivity index (χ3v) is 4.65. The molecular weight excluding hydrogens is 494 g/mol. The Bertz CT molecular complexity index is 1040. The zero-order valence-electron chi connectivity index (χ0n) is 17.7. The second-order valence-corrected chi connectivity index (χ2v) is 7.45. The SMILES string of the molecule is C[C@H]1CO[C@@](C)(C(F)(F)F)C(N)=N1.O=C(Nc1ccc(F)cc1)c1ncc(OC(F)F)cc1Cl. The van der Waals surface area contributed by atoms with E-state index in [-0.39, 0.29) is 29.1 Å². The number of amides is 1. The maximum Gasteiger partial charge on any atom is 0.424 e. The lowest BCUT2D eigenvalue weighted by atomic mass is 10.0. The van der Waals surface area contributed by atoms with Gasteiger partial charge in [0, 0.05) is 11.8 Å². The van der Waals surface area contributed by atoms with Gasteiger partial charge in [0.2, 0.25) is 5.60 Å². The Morgan fingerprint density at radius 3 is 2.44 bits per heavy atom. The first-order valence-corrected chi connectivity index (χ1v) is 9.82. The van der Waals surface area contributed by atoms with Gasteiger partial charge in [0.1, 0.15) is 23.1 Å². The fraction of sp³-hybridized carbons (Fsp3) is 0.350. The van der Waals surface area contributed by atoms with E-state index in [0.717, 1.165) is 19.2 Å². The van der Waals surface area contributed by atoms with Gasteiger partial charge in [-0.1, -0.05) is 11.6 Å². The summed E-state index contributed by atoms with van der Waals surface area (Å²) in [7, 11) is 0. The molecule has 0 radical (unpaired) electrons. The molecule has 2 aromatic rings. The molecule has 2 heterocycles. The maximum absolute atomic E-state index is 12.7. The average molecular weight is 513 g/mol. The normalized spacial score (nSPS) is 20.2. The highest BCUT2D eigenvalue weighted by Crippen LogP contribution is 2.35. The van der Waals surface area contributed by atoms with E-state index in [9.17, 15) is 31.1 Å². The summed E-state index contributed by atoms with van der Waals surface area (Å²) in [5, 5.41) is 2.30. The molecule has 3 N–H and O–H groups in total. The van der Waals surface area contributed by atoms with Crippen molar-refractivity contribution in [3.63, 3.8) is 0 Å². The van der Waals surface area contributed by atoms with Gasteiger partial charge in [-0.25, -0.2) is 9.37 Å². The minimum Gasteiger partial charge on any atom is -0.433 e. The standard InChI is InChI=1S/C13H8ClF3N2O2.C7H11F3N2O/c14-10-5-9(21-13(16)17)6-18-11(10)12(20)19-8-3-1-7(15)2-4-8;1-4-3-13-6(2,5(11)12-4)7(8,9)10/h1-6,13H,(H,19,20);4H,3H2,1-2H3,(H2,11,12)/t;4-,6+/m.0/s1. The zero-order chi connectivity index (χ0) is 25.7. The van der Waals surface area contributed by atoms with Crippen LogP contribution in [0.3, 0.4) is 0 Å². The van der Waals surface area contributed by atoms with Crippen molar-refractivity contribution in [2.75, 3.05) is 11.9 Å². The molecule has 0 fully saturated rings. The molecular formula is C20H19ClF6N4O3. The largest absolute Gasteiger partial charge is 0.433 e. The van der Waals surface area contributed by atoms with Crippen molar-refractivity contribution in [1.82, 2.24) is 4.98 Å². The Morgan fingerprint density at radius 1 is 1.32 bits per heavy atom. The number of nitrogens with two attached hydrogens (primary N) is 1. The van der Waals surface area contributed by atoms with Crippen molar-refractivity contribution in [2.24, 2.45) is 10.7 Å². The monoisotopic (exact) mass is 512 g/mol. The predicted molar refractivity (Wildman–Crippen MR) is 112 cm³/mol. The highest BCUT2D eigenvalue weighted by molar-refractivity contribution is 6.34. The van der Waals surface area contributed by atoms with Crippen LogP contribution < -0.4 is 15.8 Å². The topological polar surface area (TPSA) is 98.8 Å². The lowest BCUT2D eigenvalue weighted by molar-refractivity contribution is -0.245. The molecule has 1 aliphatic rings. The highest BCUT2D eigenvalue weighted by atomic mass is 35.5. The molecule has 3 rings (SSSR count). The second kappa shape index (κ2) is 10.9. The van der Waals surface area contributed by atoms with Crippen LogP contribution in [0.4, 0.5) is 32.0 Å². The van der Waals surface area contributed by atoms with Gasteiger partial charge in [0.05, 0.1) is 23.9 Å². The summed E-state index contributed by atoms with van der Waals surface area (Å²) in [6.07, 6.45) is -3.56. The van der Waals surface area contributed by atoms with Gasteiger partial charge in [0.15, 0.2) is 0 Å². The van der Waals surface area contributed by atoms with Crippen LogP contribution in [0.1, 0.15) is 24.3 Å². The number of halogens is 7. The number of benzene rings is 1. The Morgan fingerprint density at radius 2 is 1.94 bits per heavy atom. The van der Waals surface area contributed by atoms with Crippen molar-refractivity contribution < 1.29 is 40.6 Å². The van der Waals surface area contributed by atoms with Gasteiger partial charge in [0.25, 0.3) is 5.91 Å². The Labute approximate surface area is 194 Å². The fourth-order valence-corrected chi connectivity index (χ4v) is 2.71. The summed E-state index contributed by atoms with van der Waals surface area (Å²) in [6, 6.07) is 5.80. The molecule has 0 spiro atoms. The van der Waals surface area contributed by atoms with Crippen molar-refractivity contribution in [1.29, 1.82) is 0 Å². The van der Waals surface area contributed by atoms with Crippen molar-refractivity contribution >= 4 is 29.0 Å². The minimum absolute atomic E-state index is 0.0588. The quantitative estimate of drug-likeness (QED) is 0.573. The number of pyridine rings is 1. The van der Waals surface area contributed by atoms with Crippen molar-refractivity contribution in [3.05, 3.63) is 53.1 Å². The summed E-state index contributed by atoms with van der Waals surface area (Å²) in [4.78, 5) is 19.2. The van der Waals surface area contributed by atoms with Crippen molar-refractivity contribution in [2.45, 2.75) is 38.3 Å². The number of amidine groups is 1. The van der Waals surface area contributed by atoms with E-state index >= 15 is 0 Å². The minimum atomic E-state index is -4.51. The molecule has 2 atom stereocenters. The van der Waals surface area contributed by atoms with Crippen LogP contribution in [0.5, 0.6) is 5.75 Å². The smallest absolute Gasteiger partial charge is 0.424 e. The van der Waals surface area contributed by atoms with Crippen LogP contribution in [0.25, 0.3) is 0 Å². The lowest BCUT2D eigenvalue weighted by Crippen LogP contribution is -2.58. The summed E-state index contributed by atoms with van der Waals surface area (Å²) in [5.74, 6) is -1.86. The van der Waals surface area contributed by atoms with Crippen LogP contribution in [0.2, 0.25) is 5.02 Å². The van der Waals surface area contributed by atoms with Gasteiger partial charge in [-0.2, -0.15) is 22.0 Å². The van der Waals surface area contributed by atoms with E-state index in [1.807, 2.05) is 0 Å². The number of aliphatic imine (C=N–C) groups is 1. The molecule has 0 unspecified atom stereocenters. The first kappa shape index (κ1) is 27.2. The van der Waals surface area contributed by atoms with Crippen molar-refractivity contribution in [3.8, 4) is 5.75 Å². The Kier molecular flexibility index (Phi) is 8.72. The molecule has 34 heavy (non-hydrogen) atoms.